The first-order valence-corrected chi connectivity index (χ1v) is 4.89. The lowest BCUT2D eigenvalue weighted by molar-refractivity contribution is 0.484. The molecule has 0 spiro atoms. The minimum Gasteiger partial charge on any atom is -0.453 e. The molecule has 1 aromatic carbocycles. The van der Waals surface area contributed by atoms with Crippen LogP contribution in [0.5, 0.6) is 11.5 Å². The van der Waals surface area contributed by atoms with Crippen molar-refractivity contribution in [3.05, 3.63) is 40.9 Å². The summed E-state index contributed by atoms with van der Waals surface area (Å²) in [4.78, 5) is 0. The molecule has 0 amide bonds. The zero-order chi connectivity index (χ0) is 9.10. The summed E-state index contributed by atoms with van der Waals surface area (Å²) in [7, 11) is 0. The minimum atomic E-state index is 0.605. The van der Waals surface area contributed by atoms with Crippen LogP contribution in [0.25, 0.3) is 0 Å². The Morgan fingerprint density at radius 3 is 2.85 bits per heavy atom. The molecule has 2 aromatic rings. The van der Waals surface area contributed by atoms with Crippen molar-refractivity contribution < 1.29 is 4.74 Å². The molecule has 66 valence electrons. The maximum atomic E-state index is 5.90. The standard InChI is InChI=1S/C9H6ClNOS/c10-8-3-1-2-4-9(8)12-7-5-11-13-6-7/h1-6H. The number of aromatic nitrogens is 1. The fraction of sp³-hybridized carbons (Fsp3) is 0. The average molecular weight is 212 g/mol. The van der Waals surface area contributed by atoms with E-state index in [0.717, 1.165) is 5.75 Å². The van der Waals surface area contributed by atoms with Gasteiger partial charge in [0.25, 0.3) is 0 Å². The van der Waals surface area contributed by atoms with Gasteiger partial charge < -0.3 is 4.74 Å². The Hall–Kier alpha value is -1.06. The molecule has 0 saturated heterocycles. The summed E-state index contributed by atoms with van der Waals surface area (Å²) >= 11 is 7.25. The summed E-state index contributed by atoms with van der Waals surface area (Å²) in [6.45, 7) is 0. The van der Waals surface area contributed by atoms with Crippen molar-refractivity contribution >= 4 is 23.1 Å². The number of ether oxygens (including phenoxy) is 1. The van der Waals surface area contributed by atoms with E-state index in [9.17, 15) is 0 Å². The molecule has 2 nitrogen and oxygen atoms in total. The molecule has 2 rings (SSSR count). The summed E-state index contributed by atoms with van der Waals surface area (Å²) < 4.78 is 9.39. The Balaban J connectivity index is 2.24. The molecule has 0 unspecified atom stereocenters. The van der Waals surface area contributed by atoms with Crippen LogP contribution in [0.15, 0.2) is 35.8 Å². The van der Waals surface area contributed by atoms with Gasteiger partial charge in [-0.3, -0.25) is 0 Å². The zero-order valence-electron chi connectivity index (χ0n) is 6.61. The van der Waals surface area contributed by atoms with Gasteiger partial charge in [0, 0.05) is 0 Å². The molecule has 1 aromatic heterocycles. The highest BCUT2D eigenvalue weighted by Crippen LogP contribution is 2.28. The zero-order valence-corrected chi connectivity index (χ0v) is 8.18. The summed E-state index contributed by atoms with van der Waals surface area (Å²) in [5, 5.41) is 2.43. The first-order valence-electron chi connectivity index (χ1n) is 3.68. The maximum Gasteiger partial charge on any atom is 0.158 e. The van der Waals surface area contributed by atoms with Crippen LogP contribution in [0, 0.1) is 0 Å². The van der Waals surface area contributed by atoms with E-state index in [1.54, 1.807) is 12.3 Å². The molecule has 0 bridgehead atoms. The fourth-order valence-electron chi connectivity index (χ4n) is 0.900. The second-order valence-corrected chi connectivity index (χ2v) is 3.46. The predicted octanol–water partition coefficient (Wildman–Crippen LogP) is 3.59. The highest BCUT2D eigenvalue weighted by atomic mass is 35.5. The quantitative estimate of drug-likeness (QED) is 0.758. The topological polar surface area (TPSA) is 22.1 Å². The number of hydrogen-bond donors (Lipinski definition) is 0. The van der Waals surface area contributed by atoms with E-state index in [4.69, 9.17) is 16.3 Å². The number of halogens is 1. The van der Waals surface area contributed by atoms with E-state index < -0.39 is 0 Å². The minimum absolute atomic E-state index is 0.605. The third-order valence-electron chi connectivity index (χ3n) is 1.47. The Labute approximate surface area is 84.9 Å². The maximum absolute atomic E-state index is 5.90. The molecule has 0 saturated carbocycles. The van der Waals surface area contributed by atoms with Crippen molar-refractivity contribution in [3.8, 4) is 11.5 Å². The number of benzene rings is 1. The van der Waals surface area contributed by atoms with Crippen LogP contribution in [0.4, 0.5) is 0 Å². The van der Waals surface area contributed by atoms with Gasteiger partial charge in [0.1, 0.15) is 5.75 Å². The molecule has 0 atom stereocenters. The van der Waals surface area contributed by atoms with Crippen LogP contribution in [0.3, 0.4) is 0 Å². The van der Waals surface area contributed by atoms with E-state index in [-0.39, 0.29) is 0 Å². The molecule has 0 aliphatic rings. The SMILES string of the molecule is Clc1ccccc1Oc1cnsc1. The summed E-state index contributed by atoms with van der Waals surface area (Å²) in [5.74, 6) is 1.38. The molecule has 1 heterocycles. The van der Waals surface area contributed by atoms with E-state index in [2.05, 4.69) is 4.37 Å². The highest BCUT2D eigenvalue weighted by molar-refractivity contribution is 7.03. The van der Waals surface area contributed by atoms with Crippen LogP contribution in [0.2, 0.25) is 5.02 Å². The van der Waals surface area contributed by atoms with Crippen LogP contribution in [0.1, 0.15) is 0 Å². The number of hydrogen-bond acceptors (Lipinski definition) is 3. The first-order chi connectivity index (χ1) is 6.36. The van der Waals surface area contributed by atoms with Crippen molar-refractivity contribution in [1.82, 2.24) is 4.37 Å². The second-order valence-electron chi connectivity index (χ2n) is 2.39. The van der Waals surface area contributed by atoms with Crippen molar-refractivity contribution in [2.24, 2.45) is 0 Å². The van der Waals surface area contributed by atoms with Crippen molar-refractivity contribution in [1.29, 1.82) is 0 Å². The lowest BCUT2D eigenvalue weighted by Crippen LogP contribution is -1.81. The average Bonchev–Trinajstić information content (AvgIpc) is 2.61. The molecule has 0 fully saturated rings. The van der Waals surface area contributed by atoms with Gasteiger partial charge in [-0.25, -0.2) is 0 Å². The largest absolute Gasteiger partial charge is 0.453 e. The Morgan fingerprint density at radius 2 is 2.15 bits per heavy atom. The van der Waals surface area contributed by atoms with Gasteiger partial charge in [-0.2, -0.15) is 4.37 Å². The number of para-hydroxylation sites is 1. The van der Waals surface area contributed by atoms with Crippen molar-refractivity contribution in [2.45, 2.75) is 0 Å². The van der Waals surface area contributed by atoms with Crippen molar-refractivity contribution in [2.75, 3.05) is 0 Å². The van der Waals surface area contributed by atoms with E-state index in [0.29, 0.717) is 10.8 Å². The van der Waals surface area contributed by atoms with Crippen molar-refractivity contribution in [3.63, 3.8) is 0 Å². The molecule has 0 N–H and O–H groups in total. The molecule has 0 aliphatic heterocycles. The predicted molar refractivity (Wildman–Crippen MR) is 53.6 cm³/mol. The first kappa shape index (κ1) is 8.53. The molecule has 0 aliphatic carbocycles. The molecule has 4 heteroatoms. The van der Waals surface area contributed by atoms with E-state index >= 15 is 0 Å². The molecular weight excluding hydrogens is 206 g/mol. The van der Waals surface area contributed by atoms with Crippen LogP contribution in [-0.4, -0.2) is 4.37 Å². The number of rotatable bonds is 2. The van der Waals surface area contributed by atoms with Gasteiger partial charge in [0.05, 0.1) is 16.6 Å². The highest BCUT2D eigenvalue weighted by Gasteiger charge is 2.01. The molecule has 13 heavy (non-hydrogen) atoms. The normalized spacial score (nSPS) is 9.92. The summed E-state index contributed by atoms with van der Waals surface area (Å²) in [6.07, 6.45) is 1.66. The van der Waals surface area contributed by atoms with Gasteiger partial charge in [-0.1, -0.05) is 23.7 Å². The lowest BCUT2D eigenvalue weighted by Gasteiger charge is -2.03. The summed E-state index contributed by atoms with van der Waals surface area (Å²) in [6, 6.07) is 7.35. The Kier molecular flexibility index (Phi) is 2.47. The third-order valence-corrected chi connectivity index (χ3v) is 2.35. The van der Waals surface area contributed by atoms with Crippen LogP contribution < -0.4 is 4.74 Å². The van der Waals surface area contributed by atoms with Gasteiger partial charge in [0.2, 0.25) is 0 Å². The van der Waals surface area contributed by atoms with Gasteiger partial charge in [0.15, 0.2) is 5.75 Å². The van der Waals surface area contributed by atoms with E-state index in [1.165, 1.54) is 11.5 Å². The Morgan fingerprint density at radius 1 is 1.31 bits per heavy atom. The monoisotopic (exact) mass is 211 g/mol. The van der Waals surface area contributed by atoms with E-state index in [1.807, 2.05) is 23.6 Å². The number of nitrogens with zero attached hydrogens (tertiary/aromatic N) is 1. The third kappa shape index (κ3) is 1.99. The smallest absolute Gasteiger partial charge is 0.158 e. The lowest BCUT2D eigenvalue weighted by atomic mass is 10.3. The molecular formula is C9H6ClNOS. The van der Waals surface area contributed by atoms with Gasteiger partial charge >= 0.3 is 0 Å². The van der Waals surface area contributed by atoms with Gasteiger partial charge in [-0.05, 0) is 23.7 Å². The van der Waals surface area contributed by atoms with Gasteiger partial charge in [-0.15, -0.1) is 0 Å². The van der Waals surface area contributed by atoms with Crippen LogP contribution in [-0.2, 0) is 0 Å². The fourth-order valence-corrected chi connectivity index (χ4v) is 1.51. The second kappa shape index (κ2) is 3.77. The van der Waals surface area contributed by atoms with Crippen LogP contribution >= 0.6 is 23.1 Å². The summed E-state index contributed by atoms with van der Waals surface area (Å²) in [5.41, 5.74) is 0. The Bertz CT molecular complexity index is 388. The molecule has 0 radical (unpaired) electrons.